The van der Waals surface area contributed by atoms with E-state index in [-0.39, 0.29) is 0 Å². The van der Waals surface area contributed by atoms with E-state index in [2.05, 4.69) is 31.2 Å². The van der Waals surface area contributed by atoms with Crippen molar-refractivity contribution in [2.24, 2.45) is 0 Å². The topological polar surface area (TPSA) is 53.9 Å². The number of nitrogens with zero attached hydrogens (tertiary/aromatic N) is 4. The van der Waals surface area contributed by atoms with Crippen molar-refractivity contribution >= 4 is 5.95 Å². The van der Waals surface area contributed by atoms with Gasteiger partial charge >= 0.3 is 0 Å². The van der Waals surface area contributed by atoms with E-state index in [1.165, 1.54) is 24.8 Å². The van der Waals surface area contributed by atoms with E-state index in [1.54, 1.807) is 0 Å². The minimum Gasteiger partial charge on any atom is -0.352 e. The minimum absolute atomic E-state index is 0.318. The molecule has 3 rings (SSSR count). The van der Waals surface area contributed by atoms with Gasteiger partial charge in [0.1, 0.15) is 0 Å². The van der Waals surface area contributed by atoms with Crippen LogP contribution in [0.25, 0.3) is 0 Å². The van der Waals surface area contributed by atoms with Crippen molar-refractivity contribution in [3.8, 4) is 0 Å². The molecule has 1 atom stereocenters. The lowest BCUT2D eigenvalue weighted by Crippen LogP contribution is -2.37. The highest BCUT2D eigenvalue weighted by Gasteiger charge is 2.22. The molecule has 0 aliphatic carbocycles. The molecular weight excluding hydrogens is 274 g/mol. The van der Waals surface area contributed by atoms with Crippen molar-refractivity contribution in [2.75, 3.05) is 25.0 Å². The SMILES string of the molecule is Cc1cnc(NC[C@H](c2cccnc2)N2CCCCC2)nc1. The fraction of sp³-hybridized carbons (Fsp3) is 0.471. The Bertz CT molecular complexity index is 563. The summed E-state index contributed by atoms with van der Waals surface area (Å²) in [7, 11) is 0. The largest absolute Gasteiger partial charge is 0.352 e. The van der Waals surface area contributed by atoms with Crippen LogP contribution in [0.4, 0.5) is 5.95 Å². The van der Waals surface area contributed by atoms with Gasteiger partial charge in [0.2, 0.25) is 5.95 Å². The highest BCUT2D eigenvalue weighted by molar-refractivity contribution is 5.26. The van der Waals surface area contributed by atoms with Gasteiger partial charge in [0, 0.05) is 31.3 Å². The molecule has 0 unspecified atom stereocenters. The van der Waals surface area contributed by atoms with Gasteiger partial charge < -0.3 is 5.32 Å². The molecule has 1 aliphatic rings. The number of nitrogens with one attached hydrogen (secondary N) is 1. The first-order valence-corrected chi connectivity index (χ1v) is 7.99. The van der Waals surface area contributed by atoms with Gasteiger partial charge in [-0.05, 0) is 50.0 Å². The maximum atomic E-state index is 4.33. The Kier molecular flexibility index (Phi) is 4.96. The first kappa shape index (κ1) is 14.9. The Balaban J connectivity index is 1.72. The normalized spacial score (nSPS) is 17.1. The fourth-order valence-electron chi connectivity index (χ4n) is 2.93. The summed E-state index contributed by atoms with van der Waals surface area (Å²) in [5.74, 6) is 0.691. The molecule has 116 valence electrons. The van der Waals surface area contributed by atoms with Gasteiger partial charge in [0.05, 0.1) is 6.04 Å². The number of aromatic nitrogens is 3. The molecule has 1 aliphatic heterocycles. The molecule has 0 saturated carbocycles. The highest BCUT2D eigenvalue weighted by atomic mass is 15.2. The predicted octanol–water partition coefficient (Wildman–Crippen LogP) is 2.82. The van der Waals surface area contributed by atoms with Crippen LogP contribution in [0.5, 0.6) is 0 Å². The van der Waals surface area contributed by atoms with Crippen molar-refractivity contribution in [1.82, 2.24) is 19.9 Å². The summed E-state index contributed by atoms with van der Waals surface area (Å²) in [6.07, 6.45) is 11.4. The number of aryl methyl sites for hydroxylation is 1. The lowest BCUT2D eigenvalue weighted by molar-refractivity contribution is 0.170. The smallest absolute Gasteiger partial charge is 0.222 e. The van der Waals surface area contributed by atoms with Gasteiger partial charge in [-0.15, -0.1) is 0 Å². The van der Waals surface area contributed by atoms with Crippen LogP contribution in [0.1, 0.15) is 36.4 Å². The fourth-order valence-corrected chi connectivity index (χ4v) is 2.93. The second-order valence-electron chi connectivity index (χ2n) is 5.86. The van der Waals surface area contributed by atoms with Crippen LogP contribution in [0.2, 0.25) is 0 Å². The van der Waals surface area contributed by atoms with Crippen LogP contribution in [0.3, 0.4) is 0 Å². The summed E-state index contributed by atoms with van der Waals surface area (Å²) in [5.41, 5.74) is 2.33. The van der Waals surface area contributed by atoms with Gasteiger partial charge in [0.25, 0.3) is 0 Å². The Labute approximate surface area is 131 Å². The van der Waals surface area contributed by atoms with Crippen molar-refractivity contribution in [3.05, 3.63) is 48.0 Å². The van der Waals surface area contributed by atoms with Crippen LogP contribution >= 0.6 is 0 Å². The molecule has 1 saturated heterocycles. The Morgan fingerprint density at radius 1 is 1.14 bits per heavy atom. The number of pyridine rings is 1. The molecule has 0 amide bonds. The average molecular weight is 297 g/mol. The van der Waals surface area contributed by atoms with Crippen LogP contribution < -0.4 is 5.32 Å². The maximum Gasteiger partial charge on any atom is 0.222 e. The van der Waals surface area contributed by atoms with E-state index < -0.39 is 0 Å². The monoisotopic (exact) mass is 297 g/mol. The van der Waals surface area contributed by atoms with E-state index in [0.717, 1.165) is 25.2 Å². The summed E-state index contributed by atoms with van der Waals surface area (Å²) < 4.78 is 0. The van der Waals surface area contributed by atoms with E-state index in [4.69, 9.17) is 0 Å². The van der Waals surface area contributed by atoms with E-state index >= 15 is 0 Å². The molecule has 5 heteroatoms. The third-order valence-electron chi connectivity index (χ3n) is 4.14. The van der Waals surface area contributed by atoms with Gasteiger partial charge in [-0.3, -0.25) is 9.88 Å². The lowest BCUT2D eigenvalue weighted by Gasteiger charge is -2.34. The van der Waals surface area contributed by atoms with Crippen LogP contribution in [-0.4, -0.2) is 39.5 Å². The predicted molar refractivity (Wildman–Crippen MR) is 87.7 cm³/mol. The number of likely N-dealkylation sites (tertiary alicyclic amines) is 1. The van der Waals surface area contributed by atoms with Crippen LogP contribution in [0, 0.1) is 6.92 Å². The molecule has 0 bridgehead atoms. The van der Waals surface area contributed by atoms with Crippen LogP contribution in [-0.2, 0) is 0 Å². The second-order valence-corrected chi connectivity index (χ2v) is 5.86. The zero-order chi connectivity index (χ0) is 15.2. The molecule has 1 N–H and O–H groups in total. The average Bonchev–Trinajstić information content (AvgIpc) is 2.59. The van der Waals surface area contributed by atoms with Crippen molar-refractivity contribution in [3.63, 3.8) is 0 Å². The third-order valence-corrected chi connectivity index (χ3v) is 4.14. The van der Waals surface area contributed by atoms with Gasteiger partial charge in [0.15, 0.2) is 0 Å². The summed E-state index contributed by atoms with van der Waals surface area (Å²) in [5, 5.41) is 3.38. The number of piperidine rings is 1. The lowest BCUT2D eigenvalue weighted by atomic mass is 10.0. The van der Waals surface area contributed by atoms with Gasteiger partial charge in [-0.25, -0.2) is 9.97 Å². The van der Waals surface area contributed by atoms with Gasteiger partial charge in [-0.2, -0.15) is 0 Å². The van der Waals surface area contributed by atoms with Crippen molar-refractivity contribution in [1.29, 1.82) is 0 Å². The number of hydrogen-bond acceptors (Lipinski definition) is 5. The second kappa shape index (κ2) is 7.31. The summed E-state index contributed by atoms with van der Waals surface area (Å²) >= 11 is 0. The molecular formula is C17H23N5. The first-order valence-electron chi connectivity index (χ1n) is 7.99. The molecule has 0 aromatic carbocycles. The first-order chi connectivity index (χ1) is 10.8. The van der Waals surface area contributed by atoms with E-state index in [1.807, 2.05) is 37.8 Å². The molecule has 22 heavy (non-hydrogen) atoms. The molecule has 2 aromatic heterocycles. The Hall–Kier alpha value is -2.01. The van der Waals surface area contributed by atoms with Crippen molar-refractivity contribution < 1.29 is 0 Å². The van der Waals surface area contributed by atoms with Crippen LogP contribution in [0.15, 0.2) is 36.9 Å². The summed E-state index contributed by atoms with van der Waals surface area (Å²) in [6, 6.07) is 4.48. The quantitative estimate of drug-likeness (QED) is 0.919. The number of rotatable bonds is 5. The standard InChI is InChI=1S/C17H23N5/c1-14-10-19-17(20-11-14)21-13-16(15-6-5-7-18-12-15)22-8-3-2-4-9-22/h5-7,10-12,16H,2-4,8-9,13H2,1H3,(H,19,20,21)/t16-/m1/s1. The molecule has 5 nitrogen and oxygen atoms in total. The number of hydrogen-bond donors (Lipinski definition) is 1. The van der Waals surface area contributed by atoms with Crippen molar-refractivity contribution in [2.45, 2.75) is 32.2 Å². The van der Waals surface area contributed by atoms with Gasteiger partial charge in [-0.1, -0.05) is 12.5 Å². The molecule has 0 spiro atoms. The molecule has 1 fully saturated rings. The highest BCUT2D eigenvalue weighted by Crippen LogP contribution is 2.24. The summed E-state index contributed by atoms with van der Waals surface area (Å²) in [4.78, 5) is 15.5. The Morgan fingerprint density at radius 3 is 2.59 bits per heavy atom. The number of anilines is 1. The minimum atomic E-state index is 0.318. The molecule has 2 aromatic rings. The third kappa shape index (κ3) is 3.80. The van der Waals surface area contributed by atoms with E-state index in [9.17, 15) is 0 Å². The summed E-state index contributed by atoms with van der Waals surface area (Å²) in [6.45, 7) is 5.09. The Morgan fingerprint density at radius 2 is 1.91 bits per heavy atom. The molecule has 3 heterocycles. The molecule has 0 radical (unpaired) electrons. The zero-order valence-corrected chi connectivity index (χ0v) is 13.1. The maximum absolute atomic E-state index is 4.33. The van der Waals surface area contributed by atoms with E-state index in [0.29, 0.717) is 12.0 Å². The zero-order valence-electron chi connectivity index (χ0n) is 13.1.